The first-order valence-corrected chi connectivity index (χ1v) is 6.26. The van der Waals surface area contributed by atoms with E-state index in [4.69, 9.17) is 16.3 Å². The van der Waals surface area contributed by atoms with E-state index in [1.165, 1.54) is 0 Å². The Kier molecular flexibility index (Phi) is 13.3. The van der Waals surface area contributed by atoms with Crippen molar-refractivity contribution in [3.63, 3.8) is 0 Å². The van der Waals surface area contributed by atoms with Crippen molar-refractivity contribution < 1.29 is 74.2 Å². The number of rotatable bonds is 8. The van der Waals surface area contributed by atoms with Crippen LogP contribution in [-0.2, 0) is 15.0 Å². The molecule has 6 nitrogen and oxygen atoms in total. The molecule has 1 unspecified atom stereocenters. The molecule has 0 rings (SSSR count). The number of ether oxygens (including phenoxy) is 1. The summed E-state index contributed by atoms with van der Waals surface area (Å²) < 4.78 is 36.9. The second-order valence-corrected chi connectivity index (χ2v) is 4.87. The maximum absolute atomic E-state index is 10.4. The summed E-state index contributed by atoms with van der Waals surface area (Å²) in [7, 11) is -3.38. The number of likely N-dealkylation sites (N-methyl/N-ethyl adjacent to an activating group) is 1. The van der Waals surface area contributed by atoms with E-state index in [0.717, 1.165) is 7.05 Å². The van der Waals surface area contributed by atoms with Gasteiger partial charge in [-0.15, -0.1) is 11.6 Å². The van der Waals surface area contributed by atoms with Crippen LogP contribution in [0.1, 0.15) is 6.42 Å². The van der Waals surface area contributed by atoms with E-state index < -0.39 is 16.4 Å². The van der Waals surface area contributed by atoms with Crippen molar-refractivity contribution >= 4 is 21.9 Å². The van der Waals surface area contributed by atoms with Crippen LogP contribution in [0.5, 0.6) is 0 Å². The molecule has 0 aliphatic heterocycles. The summed E-state index contributed by atoms with van der Waals surface area (Å²) in [5.74, 6) is 0.463. The van der Waals surface area contributed by atoms with Crippen LogP contribution in [0.3, 0.4) is 0 Å². The molecule has 0 fully saturated rings. The van der Waals surface area contributed by atoms with Gasteiger partial charge in [-0.25, -0.2) is 12.7 Å². The molecule has 92 valence electrons. The summed E-state index contributed by atoms with van der Waals surface area (Å²) in [4.78, 5) is 0. The quantitative estimate of drug-likeness (QED) is 0.216. The van der Waals surface area contributed by atoms with Crippen LogP contribution < -0.4 is 51.4 Å². The third kappa shape index (κ3) is 10.8. The molecule has 0 heterocycles. The zero-order chi connectivity index (χ0) is 11.9. The molecular weight excluding hydrogens is 285 g/mol. The number of nitrogens with zero attached hydrogens (tertiary/aromatic N) is 1. The van der Waals surface area contributed by atoms with E-state index in [2.05, 4.69) is 0 Å². The van der Waals surface area contributed by atoms with Gasteiger partial charge in [0.15, 0.2) is 10.3 Å². The first-order chi connectivity index (χ1) is 6.88. The molecular formula is C7H15ClKNO5S. The molecule has 0 radical (unpaired) electrons. The van der Waals surface area contributed by atoms with Crippen LogP contribution in [0.2, 0.25) is 0 Å². The van der Waals surface area contributed by atoms with Crippen LogP contribution in [-0.4, -0.2) is 61.2 Å². The van der Waals surface area contributed by atoms with Crippen molar-refractivity contribution in [3.05, 3.63) is 0 Å². The van der Waals surface area contributed by atoms with Gasteiger partial charge in [0.2, 0.25) is 0 Å². The second-order valence-electron chi connectivity index (χ2n) is 3.01. The Hall–Kier alpha value is 1.72. The number of hydrogen-bond acceptors (Lipinski definition) is 5. The zero-order valence-corrected chi connectivity index (χ0v) is 14.1. The molecule has 0 aliphatic carbocycles. The number of hydrogen-bond donors (Lipinski definition) is 1. The minimum absolute atomic E-state index is 0. The maximum Gasteiger partial charge on any atom is 1.00 e. The molecule has 0 aromatic heterocycles. The molecule has 9 heteroatoms. The van der Waals surface area contributed by atoms with Gasteiger partial charge in [0.25, 0.3) is 0 Å². The zero-order valence-electron chi connectivity index (χ0n) is 9.43. The number of aliphatic hydroxyl groups excluding tert-OH is 1. The summed E-state index contributed by atoms with van der Waals surface area (Å²) in [5.41, 5.74) is 0. The van der Waals surface area contributed by atoms with Crippen LogP contribution in [0.25, 0.3) is 0 Å². The standard InChI is InChI=1S/C7H16ClNO5S.K/c1-9(15(11,12)13)5-7(10)6-14-4-2-3-8;/h7,10H,2-6H2,1H3,(H,11,12,13);/q;+1/p-1. The van der Waals surface area contributed by atoms with Crippen LogP contribution in [0.15, 0.2) is 0 Å². The molecule has 0 spiro atoms. The van der Waals surface area contributed by atoms with Crippen molar-refractivity contribution in [2.45, 2.75) is 12.5 Å². The average Bonchev–Trinajstić information content (AvgIpc) is 2.11. The molecule has 0 saturated carbocycles. The molecule has 0 aliphatic rings. The van der Waals surface area contributed by atoms with Gasteiger partial charge in [0, 0.05) is 26.1 Å². The van der Waals surface area contributed by atoms with Crippen LogP contribution >= 0.6 is 11.6 Å². The smallest absolute Gasteiger partial charge is 0.735 e. The number of alkyl halides is 1. The minimum Gasteiger partial charge on any atom is -0.735 e. The normalized spacial score (nSPS) is 13.6. The summed E-state index contributed by atoms with van der Waals surface area (Å²) in [6.07, 6.45) is -0.349. The van der Waals surface area contributed by atoms with Crippen molar-refractivity contribution in [1.82, 2.24) is 4.31 Å². The summed E-state index contributed by atoms with van der Waals surface area (Å²) >= 11 is 5.39. The Morgan fingerprint density at radius 1 is 1.56 bits per heavy atom. The van der Waals surface area contributed by atoms with E-state index in [1.807, 2.05) is 0 Å². The molecule has 1 atom stereocenters. The predicted octanol–water partition coefficient (Wildman–Crippen LogP) is -3.61. The Balaban J connectivity index is 0. The van der Waals surface area contributed by atoms with Gasteiger partial charge in [-0.05, 0) is 6.42 Å². The van der Waals surface area contributed by atoms with E-state index in [1.54, 1.807) is 0 Å². The van der Waals surface area contributed by atoms with Gasteiger partial charge in [-0.1, -0.05) is 0 Å². The average molecular weight is 300 g/mol. The van der Waals surface area contributed by atoms with E-state index in [0.29, 0.717) is 23.2 Å². The van der Waals surface area contributed by atoms with Gasteiger partial charge >= 0.3 is 51.4 Å². The van der Waals surface area contributed by atoms with Gasteiger partial charge in [-0.3, -0.25) is 0 Å². The third-order valence-corrected chi connectivity index (χ3v) is 2.76. The van der Waals surface area contributed by atoms with Crippen molar-refractivity contribution in [1.29, 1.82) is 0 Å². The summed E-state index contributed by atoms with van der Waals surface area (Å²) in [6.45, 7) is 0.109. The maximum atomic E-state index is 10.4. The fourth-order valence-corrected chi connectivity index (χ4v) is 1.28. The fourth-order valence-electron chi connectivity index (χ4n) is 0.817. The topological polar surface area (TPSA) is 89.9 Å². The van der Waals surface area contributed by atoms with Crippen molar-refractivity contribution in [2.75, 3.05) is 32.7 Å². The first-order valence-electron chi connectivity index (χ1n) is 4.37. The third-order valence-electron chi connectivity index (χ3n) is 1.58. The van der Waals surface area contributed by atoms with E-state index >= 15 is 0 Å². The molecule has 0 amide bonds. The van der Waals surface area contributed by atoms with Gasteiger partial charge in [0.1, 0.15) is 0 Å². The van der Waals surface area contributed by atoms with Crippen molar-refractivity contribution in [2.24, 2.45) is 0 Å². The Morgan fingerprint density at radius 3 is 2.56 bits per heavy atom. The minimum atomic E-state index is -4.49. The van der Waals surface area contributed by atoms with Gasteiger partial charge in [-0.2, -0.15) is 0 Å². The monoisotopic (exact) mass is 299 g/mol. The van der Waals surface area contributed by atoms with Gasteiger partial charge in [0.05, 0.1) is 12.7 Å². The summed E-state index contributed by atoms with van der Waals surface area (Å²) in [6, 6.07) is 0. The molecule has 0 bridgehead atoms. The molecule has 16 heavy (non-hydrogen) atoms. The molecule has 0 aromatic rings. The van der Waals surface area contributed by atoms with Crippen LogP contribution in [0.4, 0.5) is 0 Å². The van der Waals surface area contributed by atoms with Crippen molar-refractivity contribution in [3.8, 4) is 0 Å². The number of aliphatic hydroxyl groups is 1. The van der Waals surface area contributed by atoms with E-state index in [9.17, 15) is 18.1 Å². The number of halogens is 1. The second kappa shape index (κ2) is 10.6. The fraction of sp³-hybridized carbons (Fsp3) is 1.00. The Bertz CT molecular complexity index is 264. The Labute approximate surface area is 144 Å². The van der Waals surface area contributed by atoms with Gasteiger partial charge < -0.3 is 14.4 Å². The Morgan fingerprint density at radius 2 is 2.12 bits per heavy atom. The van der Waals surface area contributed by atoms with E-state index in [-0.39, 0.29) is 64.5 Å². The predicted molar refractivity (Wildman–Crippen MR) is 54.5 cm³/mol. The molecule has 0 saturated heterocycles. The largest absolute Gasteiger partial charge is 1.00 e. The SMILES string of the molecule is CN(CC(O)COCCCCl)S(=O)(=O)[O-].[K+]. The first kappa shape index (κ1) is 20.0. The summed E-state index contributed by atoms with van der Waals surface area (Å²) in [5, 5.41) is 9.28. The molecule has 0 aromatic carbocycles. The molecule has 1 N–H and O–H groups in total. The van der Waals surface area contributed by atoms with Crippen LogP contribution in [0, 0.1) is 0 Å².